The Morgan fingerprint density at radius 1 is 1.44 bits per heavy atom. The maximum absolute atomic E-state index is 13.0. The number of aromatic nitrogens is 4. The van der Waals surface area contributed by atoms with Crippen LogP contribution in [0.5, 0.6) is 0 Å². The Balaban J connectivity index is 1.54. The van der Waals surface area contributed by atoms with Gasteiger partial charge < -0.3 is 10.2 Å². The normalized spacial score (nSPS) is 16.6. The third-order valence-electron chi connectivity index (χ3n) is 4.64. The lowest BCUT2D eigenvalue weighted by Gasteiger charge is -2.27. The van der Waals surface area contributed by atoms with Gasteiger partial charge in [0.1, 0.15) is 10.7 Å². The van der Waals surface area contributed by atoms with E-state index in [0.29, 0.717) is 5.69 Å². The Bertz CT molecular complexity index is 900. The van der Waals surface area contributed by atoms with Crippen LogP contribution in [0.2, 0.25) is 0 Å². The minimum absolute atomic E-state index is 0.0187. The second-order valence-electron chi connectivity index (χ2n) is 6.54. The summed E-state index contributed by atoms with van der Waals surface area (Å²) in [6.45, 7) is 4.68. The van der Waals surface area contributed by atoms with E-state index in [1.54, 1.807) is 17.1 Å². The molecule has 140 valence electrons. The van der Waals surface area contributed by atoms with Gasteiger partial charge in [0.2, 0.25) is 0 Å². The Morgan fingerprint density at radius 3 is 3.11 bits per heavy atom. The lowest BCUT2D eigenvalue weighted by molar-refractivity contribution is 0.0687. The van der Waals surface area contributed by atoms with Crippen LogP contribution < -0.4 is 5.32 Å². The number of nitrogens with zero attached hydrogens (tertiary/aromatic N) is 5. The fraction of sp³-hybridized carbons (Fsp3) is 0.368. The SMILES string of the molecule is CCCN(C(=O)c1csc(-c2cnn(-c3ccccn3)c2)n1)[C@@H]1CCNC1. The monoisotopic (exact) mass is 382 g/mol. The lowest BCUT2D eigenvalue weighted by Crippen LogP contribution is -2.42. The third kappa shape index (κ3) is 3.77. The highest BCUT2D eigenvalue weighted by Crippen LogP contribution is 2.25. The largest absolute Gasteiger partial charge is 0.333 e. The number of pyridine rings is 1. The highest BCUT2D eigenvalue weighted by Gasteiger charge is 2.28. The summed E-state index contributed by atoms with van der Waals surface area (Å²) in [4.78, 5) is 23.9. The van der Waals surface area contributed by atoms with E-state index in [-0.39, 0.29) is 11.9 Å². The maximum atomic E-state index is 13.0. The topological polar surface area (TPSA) is 75.9 Å². The molecule has 0 aliphatic carbocycles. The number of amides is 1. The van der Waals surface area contributed by atoms with Crippen LogP contribution in [-0.4, -0.2) is 56.2 Å². The first kappa shape index (κ1) is 17.8. The third-order valence-corrected chi connectivity index (χ3v) is 5.53. The van der Waals surface area contributed by atoms with Crippen molar-refractivity contribution in [2.24, 2.45) is 0 Å². The highest BCUT2D eigenvalue weighted by molar-refractivity contribution is 7.13. The molecule has 1 aliphatic rings. The highest BCUT2D eigenvalue weighted by atomic mass is 32.1. The van der Waals surface area contributed by atoms with Gasteiger partial charge in [0.15, 0.2) is 5.82 Å². The lowest BCUT2D eigenvalue weighted by atomic mass is 10.2. The Morgan fingerprint density at radius 2 is 2.37 bits per heavy atom. The van der Waals surface area contributed by atoms with Gasteiger partial charge in [-0.25, -0.2) is 14.6 Å². The van der Waals surface area contributed by atoms with Crippen molar-refractivity contribution in [1.29, 1.82) is 0 Å². The smallest absolute Gasteiger partial charge is 0.273 e. The van der Waals surface area contributed by atoms with E-state index >= 15 is 0 Å². The van der Waals surface area contributed by atoms with Crippen LogP contribution in [0.3, 0.4) is 0 Å². The van der Waals surface area contributed by atoms with Crippen molar-refractivity contribution in [3.05, 3.63) is 47.9 Å². The van der Waals surface area contributed by atoms with Crippen LogP contribution in [0, 0.1) is 0 Å². The molecule has 4 rings (SSSR count). The number of nitrogens with one attached hydrogen (secondary N) is 1. The molecule has 3 aromatic rings. The fourth-order valence-corrected chi connectivity index (χ4v) is 4.07. The average Bonchev–Trinajstić information content (AvgIpc) is 3.47. The van der Waals surface area contributed by atoms with E-state index in [1.807, 2.05) is 34.7 Å². The molecule has 1 N–H and O–H groups in total. The van der Waals surface area contributed by atoms with Crippen molar-refractivity contribution < 1.29 is 4.79 Å². The van der Waals surface area contributed by atoms with Gasteiger partial charge in [-0.3, -0.25) is 4.79 Å². The molecule has 1 amide bonds. The van der Waals surface area contributed by atoms with Crippen molar-refractivity contribution >= 4 is 17.2 Å². The fourth-order valence-electron chi connectivity index (χ4n) is 3.30. The molecule has 7 nitrogen and oxygen atoms in total. The van der Waals surface area contributed by atoms with E-state index in [9.17, 15) is 4.79 Å². The first-order valence-corrected chi connectivity index (χ1v) is 10.1. The van der Waals surface area contributed by atoms with Crippen molar-refractivity contribution in [1.82, 2.24) is 30.0 Å². The summed E-state index contributed by atoms with van der Waals surface area (Å²) in [6.07, 6.45) is 7.32. The molecule has 0 saturated carbocycles. The van der Waals surface area contributed by atoms with Crippen LogP contribution >= 0.6 is 11.3 Å². The quantitative estimate of drug-likeness (QED) is 0.709. The number of hydrogen-bond acceptors (Lipinski definition) is 6. The molecule has 0 radical (unpaired) electrons. The molecule has 1 atom stereocenters. The molecule has 27 heavy (non-hydrogen) atoms. The minimum Gasteiger partial charge on any atom is -0.333 e. The van der Waals surface area contributed by atoms with Gasteiger partial charge in [0.05, 0.1) is 6.20 Å². The maximum Gasteiger partial charge on any atom is 0.273 e. The molecule has 0 spiro atoms. The molecule has 1 fully saturated rings. The molecule has 3 aromatic heterocycles. The summed E-state index contributed by atoms with van der Waals surface area (Å²) in [6, 6.07) is 5.94. The molecule has 0 aromatic carbocycles. The second-order valence-corrected chi connectivity index (χ2v) is 7.40. The standard InChI is InChI=1S/C19H22N6OS/c1-2-9-24(15-6-8-20-11-15)19(26)16-13-27-18(23-16)14-10-22-25(12-14)17-5-3-4-7-21-17/h3-5,7,10,12-13,15,20H,2,6,8-9,11H2,1H3/t15-/m1/s1. The van der Waals surface area contributed by atoms with Gasteiger partial charge in [-0.1, -0.05) is 13.0 Å². The van der Waals surface area contributed by atoms with Crippen molar-refractivity contribution in [3.63, 3.8) is 0 Å². The summed E-state index contributed by atoms with van der Waals surface area (Å²) in [5.41, 5.74) is 1.40. The molecule has 0 unspecified atom stereocenters. The molecule has 8 heteroatoms. The van der Waals surface area contributed by atoms with Gasteiger partial charge in [-0.15, -0.1) is 11.3 Å². The van der Waals surface area contributed by atoms with Crippen LogP contribution in [-0.2, 0) is 0 Å². The molecular formula is C19H22N6OS. The van der Waals surface area contributed by atoms with Gasteiger partial charge in [-0.05, 0) is 31.5 Å². The van der Waals surface area contributed by atoms with Crippen LogP contribution in [0.25, 0.3) is 16.4 Å². The molecule has 1 aliphatic heterocycles. The van der Waals surface area contributed by atoms with Crippen LogP contribution in [0.4, 0.5) is 0 Å². The first-order valence-electron chi connectivity index (χ1n) is 9.20. The van der Waals surface area contributed by atoms with E-state index in [2.05, 4.69) is 27.3 Å². The average molecular weight is 382 g/mol. The number of hydrogen-bond donors (Lipinski definition) is 1. The number of thiazole rings is 1. The van der Waals surface area contributed by atoms with E-state index < -0.39 is 0 Å². The summed E-state index contributed by atoms with van der Waals surface area (Å²) in [7, 11) is 0. The zero-order chi connectivity index (χ0) is 18.6. The van der Waals surface area contributed by atoms with Gasteiger partial charge in [0.25, 0.3) is 5.91 Å². The summed E-state index contributed by atoms with van der Waals surface area (Å²) in [5, 5.41) is 10.3. The Hall–Kier alpha value is -2.58. The molecule has 1 saturated heterocycles. The van der Waals surface area contributed by atoms with Gasteiger partial charge in [-0.2, -0.15) is 5.10 Å². The van der Waals surface area contributed by atoms with Crippen molar-refractivity contribution in [3.8, 4) is 16.4 Å². The van der Waals surface area contributed by atoms with Crippen molar-refractivity contribution in [2.75, 3.05) is 19.6 Å². The van der Waals surface area contributed by atoms with Crippen LogP contribution in [0.1, 0.15) is 30.3 Å². The minimum atomic E-state index is 0.0187. The molecule has 4 heterocycles. The number of carbonyl (C=O) groups excluding carboxylic acids is 1. The molecule has 0 bridgehead atoms. The number of carbonyl (C=O) groups is 1. The predicted molar refractivity (Wildman–Crippen MR) is 105 cm³/mol. The van der Waals surface area contributed by atoms with E-state index in [0.717, 1.165) is 48.9 Å². The van der Waals surface area contributed by atoms with Crippen molar-refractivity contribution in [2.45, 2.75) is 25.8 Å². The summed E-state index contributed by atoms with van der Waals surface area (Å²) >= 11 is 1.47. The van der Waals surface area contributed by atoms with E-state index in [4.69, 9.17) is 0 Å². The molecular weight excluding hydrogens is 360 g/mol. The summed E-state index contributed by atoms with van der Waals surface area (Å²) < 4.78 is 1.71. The van der Waals surface area contributed by atoms with E-state index in [1.165, 1.54) is 11.3 Å². The first-order chi connectivity index (χ1) is 13.3. The van der Waals surface area contributed by atoms with Crippen LogP contribution in [0.15, 0.2) is 42.2 Å². The second kappa shape index (κ2) is 7.98. The Kier molecular flexibility index (Phi) is 5.26. The zero-order valence-corrected chi connectivity index (χ0v) is 16.0. The predicted octanol–water partition coefficient (Wildman–Crippen LogP) is 2.60. The van der Waals surface area contributed by atoms with Gasteiger partial charge in [0, 0.05) is 42.5 Å². The Labute approximate surface area is 162 Å². The zero-order valence-electron chi connectivity index (χ0n) is 15.2. The number of rotatable bonds is 6. The summed E-state index contributed by atoms with van der Waals surface area (Å²) in [5.74, 6) is 0.768. The van der Waals surface area contributed by atoms with Gasteiger partial charge >= 0.3 is 0 Å².